The summed E-state index contributed by atoms with van der Waals surface area (Å²) in [6.07, 6.45) is 15.4. The fraction of sp³-hybridized carbons (Fsp3) is 0.688. The highest BCUT2D eigenvalue weighted by atomic mass is 19.4. The van der Waals surface area contributed by atoms with Crippen molar-refractivity contribution >= 4 is 6.29 Å². The molecule has 0 unspecified atom stereocenters. The molecule has 6 nitrogen and oxygen atoms in total. The van der Waals surface area contributed by atoms with Gasteiger partial charge in [-0.25, -0.2) is 4.98 Å². The van der Waals surface area contributed by atoms with Crippen LogP contribution in [0, 0.1) is 0 Å². The zero-order chi connectivity index (χ0) is 30.1. The molecule has 0 radical (unpaired) electrons. The van der Waals surface area contributed by atoms with Gasteiger partial charge in [-0.15, -0.1) is 0 Å². The summed E-state index contributed by atoms with van der Waals surface area (Å²) in [7, 11) is 0. The largest absolute Gasteiger partial charge is 0.493 e. The molecule has 1 aromatic heterocycles. The number of unbranched alkanes of at least 4 members (excludes halogenated alkanes) is 15. The Morgan fingerprint density at radius 1 is 0.878 bits per heavy atom. The van der Waals surface area contributed by atoms with Crippen molar-refractivity contribution in [2.75, 3.05) is 6.61 Å². The van der Waals surface area contributed by atoms with E-state index in [4.69, 9.17) is 9.47 Å². The van der Waals surface area contributed by atoms with Crippen LogP contribution < -0.4 is 9.47 Å². The summed E-state index contributed by atoms with van der Waals surface area (Å²) in [4.78, 5) is 14.4. The lowest BCUT2D eigenvalue weighted by Crippen LogP contribution is -2.15. The van der Waals surface area contributed by atoms with Crippen molar-refractivity contribution < 1.29 is 32.5 Å². The number of hydrogen-bond acceptors (Lipinski definition) is 5. The number of aromatic hydroxyl groups is 1. The highest BCUT2D eigenvalue weighted by Gasteiger charge is 2.40. The van der Waals surface area contributed by atoms with Gasteiger partial charge in [-0.05, 0) is 32.4 Å². The third-order valence-electron chi connectivity index (χ3n) is 7.05. The predicted molar refractivity (Wildman–Crippen MR) is 156 cm³/mol. The topological polar surface area (TPSA) is 73.6 Å². The Kier molecular flexibility index (Phi) is 15.7. The number of benzene rings is 1. The van der Waals surface area contributed by atoms with Crippen molar-refractivity contribution in [3.8, 4) is 23.1 Å². The molecule has 232 valence electrons. The van der Waals surface area contributed by atoms with Crippen molar-refractivity contribution in [2.45, 2.75) is 136 Å². The van der Waals surface area contributed by atoms with Crippen molar-refractivity contribution in [3.05, 3.63) is 29.7 Å². The molecular formula is C32H49F3N2O4. The number of aromatic nitrogens is 2. The van der Waals surface area contributed by atoms with Gasteiger partial charge in [-0.3, -0.25) is 9.36 Å². The Labute approximate surface area is 243 Å². The zero-order valence-corrected chi connectivity index (χ0v) is 25.1. The molecule has 0 aliphatic carbocycles. The number of rotatable bonds is 22. The monoisotopic (exact) mass is 582 g/mol. The van der Waals surface area contributed by atoms with Gasteiger partial charge in [0, 0.05) is 6.07 Å². The molecular weight excluding hydrogens is 533 g/mol. The second-order valence-electron chi connectivity index (χ2n) is 11.0. The molecule has 0 aliphatic rings. The van der Waals surface area contributed by atoms with Gasteiger partial charge in [0.25, 0.3) is 0 Å². The van der Waals surface area contributed by atoms with Crippen LogP contribution in [0.2, 0.25) is 0 Å². The van der Waals surface area contributed by atoms with Crippen molar-refractivity contribution in [1.82, 2.24) is 9.55 Å². The van der Waals surface area contributed by atoms with E-state index >= 15 is 0 Å². The average Bonchev–Trinajstić information content (AvgIpc) is 3.26. The standard InChI is InChI=1S/C32H49F3N2O4/c1-4-5-6-7-8-9-10-11-12-13-14-15-16-17-18-19-22-40-26-20-21-28(29(23-26)41-25(2)3)37-30(39)27(24-38)36-31(37)32(33,34)35/h20-21,23-25,39H,4-19,22H2,1-3H3. The van der Waals surface area contributed by atoms with Crippen LogP contribution in [-0.2, 0) is 6.18 Å². The number of imidazole rings is 1. The fourth-order valence-corrected chi connectivity index (χ4v) is 4.88. The molecule has 0 amide bonds. The maximum atomic E-state index is 13.6. The number of hydrogen-bond donors (Lipinski definition) is 1. The summed E-state index contributed by atoms with van der Waals surface area (Å²) in [5.41, 5.74) is -0.782. The summed E-state index contributed by atoms with van der Waals surface area (Å²) in [5, 5.41) is 10.3. The number of carbonyl (C=O) groups excluding carboxylic acids is 1. The van der Waals surface area contributed by atoms with E-state index in [0.717, 1.165) is 19.3 Å². The van der Waals surface area contributed by atoms with Crippen LogP contribution in [0.25, 0.3) is 5.69 Å². The second-order valence-corrected chi connectivity index (χ2v) is 11.0. The van der Waals surface area contributed by atoms with Crippen LogP contribution in [0.1, 0.15) is 140 Å². The van der Waals surface area contributed by atoms with E-state index in [9.17, 15) is 23.1 Å². The third-order valence-corrected chi connectivity index (χ3v) is 7.05. The van der Waals surface area contributed by atoms with Gasteiger partial charge < -0.3 is 14.6 Å². The first-order chi connectivity index (χ1) is 19.7. The fourth-order valence-electron chi connectivity index (χ4n) is 4.88. The van der Waals surface area contributed by atoms with Crippen LogP contribution in [0.3, 0.4) is 0 Å². The van der Waals surface area contributed by atoms with Gasteiger partial charge >= 0.3 is 6.18 Å². The summed E-state index contributed by atoms with van der Waals surface area (Å²) in [6, 6.07) is 4.39. The molecule has 0 bridgehead atoms. The SMILES string of the molecule is CCCCCCCCCCCCCCCCCCOc1ccc(-n2c(C(F)(F)F)nc(C=O)c2O)c(OC(C)C)c1. The lowest BCUT2D eigenvalue weighted by atomic mass is 10.0. The minimum Gasteiger partial charge on any atom is -0.493 e. The molecule has 0 saturated heterocycles. The average molecular weight is 583 g/mol. The van der Waals surface area contributed by atoms with Gasteiger partial charge in [0.15, 0.2) is 12.0 Å². The number of carbonyl (C=O) groups is 1. The van der Waals surface area contributed by atoms with Gasteiger partial charge in [0.2, 0.25) is 11.7 Å². The molecule has 41 heavy (non-hydrogen) atoms. The first-order valence-electron chi connectivity index (χ1n) is 15.5. The molecule has 0 fully saturated rings. The van der Waals surface area contributed by atoms with Crippen LogP contribution in [-0.4, -0.2) is 33.7 Å². The van der Waals surface area contributed by atoms with Crippen molar-refractivity contribution in [3.63, 3.8) is 0 Å². The highest BCUT2D eigenvalue weighted by molar-refractivity contribution is 5.76. The zero-order valence-electron chi connectivity index (χ0n) is 25.1. The maximum absolute atomic E-state index is 13.6. The second kappa shape index (κ2) is 18.7. The van der Waals surface area contributed by atoms with E-state index in [1.54, 1.807) is 13.8 Å². The van der Waals surface area contributed by atoms with Crippen molar-refractivity contribution in [1.29, 1.82) is 0 Å². The first kappa shape index (κ1) is 34.5. The van der Waals surface area contributed by atoms with E-state index in [1.807, 2.05) is 0 Å². The smallest absolute Gasteiger partial charge is 0.450 e. The Hall–Kier alpha value is -2.71. The number of ether oxygens (including phenoxy) is 2. The lowest BCUT2D eigenvalue weighted by molar-refractivity contribution is -0.146. The number of nitrogens with zero attached hydrogens (tertiary/aromatic N) is 2. The Bertz CT molecular complexity index is 1020. The number of aldehydes is 1. The molecule has 2 rings (SSSR count). The van der Waals surface area contributed by atoms with Gasteiger partial charge in [-0.2, -0.15) is 13.2 Å². The molecule has 1 N–H and O–H groups in total. The number of halogens is 3. The Balaban J connectivity index is 1.73. The van der Waals surface area contributed by atoms with Crippen LogP contribution in [0.15, 0.2) is 18.2 Å². The van der Waals surface area contributed by atoms with Crippen LogP contribution in [0.5, 0.6) is 17.4 Å². The van der Waals surface area contributed by atoms with Crippen molar-refractivity contribution in [2.24, 2.45) is 0 Å². The summed E-state index contributed by atoms with van der Waals surface area (Å²) in [5.74, 6) is -1.77. The molecule has 0 atom stereocenters. The Morgan fingerprint density at radius 2 is 1.39 bits per heavy atom. The summed E-state index contributed by atoms with van der Waals surface area (Å²) < 4.78 is 52.9. The van der Waals surface area contributed by atoms with E-state index in [0.29, 0.717) is 16.9 Å². The van der Waals surface area contributed by atoms with Gasteiger partial charge in [0.05, 0.1) is 18.4 Å². The molecule has 0 spiro atoms. The van der Waals surface area contributed by atoms with Crippen LogP contribution in [0.4, 0.5) is 13.2 Å². The quantitative estimate of drug-likeness (QED) is 0.110. The predicted octanol–water partition coefficient (Wildman–Crippen LogP) is 9.84. The van der Waals surface area contributed by atoms with E-state index < -0.39 is 23.6 Å². The summed E-state index contributed by atoms with van der Waals surface area (Å²) in [6.45, 7) is 6.22. The van der Waals surface area contributed by atoms with Gasteiger partial charge in [0.1, 0.15) is 11.5 Å². The Morgan fingerprint density at radius 3 is 1.85 bits per heavy atom. The van der Waals surface area contributed by atoms with Crippen LogP contribution >= 0.6 is 0 Å². The third kappa shape index (κ3) is 12.4. The highest BCUT2D eigenvalue weighted by Crippen LogP contribution is 2.39. The molecule has 0 aliphatic heterocycles. The maximum Gasteiger partial charge on any atom is 0.450 e. The minimum absolute atomic E-state index is 0.0829. The molecule has 1 aromatic carbocycles. The normalized spacial score (nSPS) is 11.8. The first-order valence-corrected chi connectivity index (χ1v) is 15.5. The minimum atomic E-state index is -4.89. The van der Waals surface area contributed by atoms with E-state index in [2.05, 4.69) is 11.9 Å². The summed E-state index contributed by atoms with van der Waals surface area (Å²) >= 11 is 0. The van der Waals surface area contributed by atoms with E-state index in [-0.39, 0.29) is 23.8 Å². The number of alkyl halides is 3. The lowest BCUT2D eigenvalue weighted by Gasteiger charge is -2.18. The molecule has 9 heteroatoms. The molecule has 0 saturated carbocycles. The van der Waals surface area contributed by atoms with Gasteiger partial charge in [-0.1, -0.05) is 103 Å². The molecule has 1 heterocycles. The van der Waals surface area contributed by atoms with E-state index in [1.165, 1.54) is 102 Å². The molecule has 2 aromatic rings.